The maximum atomic E-state index is 13.0. The lowest BCUT2D eigenvalue weighted by atomic mass is 10.0. The second-order valence-electron chi connectivity index (χ2n) is 23.9. The van der Waals surface area contributed by atoms with Crippen LogP contribution in [0.5, 0.6) is 0 Å². The number of carbonyl (C=O) groups excluding carboxylic acids is 4. The first-order valence-electron chi connectivity index (χ1n) is 34.8. The van der Waals surface area contributed by atoms with Crippen molar-refractivity contribution >= 4 is 39.5 Å². The van der Waals surface area contributed by atoms with Crippen molar-refractivity contribution < 1.29 is 80.2 Å². The molecule has 0 radical (unpaired) electrons. The number of unbranched alkanes of at least 4 members (excludes halogenated alkanes) is 41. The van der Waals surface area contributed by atoms with E-state index in [-0.39, 0.29) is 25.7 Å². The Kier molecular flexibility index (Phi) is 59.6. The average Bonchev–Trinajstić information content (AvgIpc) is 3.53. The second-order valence-corrected chi connectivity index (χ2v) is 26.8. The number of rotatable bonds is 67. The summed E-state index contributed by atoms with van der Waals surface area (Å²) in [7, 11) is -9.88. The summed E-state index contributed by atoms with van der Waals surface area (Å²) < 4.78 is 67.9. The quantitative estimate of drug-likeness (QED) is 0.0222. The standard InChI is InChI=1S/C66H128O17P2/c1-5-9-13-17-21-23-25-27-28-29-30-31-32-33-35-37-41-45-49-53-66(71)83-62(57-77-64(69)51-47-43-40-36-34-26-24-22-18-14-10-6-2)59-81-85(74,75)79-55-60(67)54-78-84(72,73)80-58-61(82-65(70)52-48-44-39-20-16-12-8-4)56-76-63(68)50-46-42-38-19-15-11-7-3/h60-62,67H,5-59H2,1-4H3,(H,72,73)(H,74,75)/t60-,61+,62+/m0/s1. The molecular weight excluding hydrogens is 1130 g/mol. The lowest BCUT2D eigenvalue weighted by Crippen LogP contribution is -2.30. The van der Waals surface area contributed by atoms with Gasteiger partial charge < -0.3 is 33.8 Å². The van der Waals surface area contributed by atoms with Gasteiger partial charge in [0.15, 0.2) is 12.2 Å². The Morgan fingerprint density at radius 1 is 0.282 bits per heavy atom. The van der Waals surface area contributed by atoms with Gasteiger partial charge in [0.05, 0.1) is 26.4 Å². The van der Waals surface area contributed by atoms with E-state index in [4.69, 9.17) is 37.0 Å². The number of ether oxygens (including phenoxy) is 4. The maximum absolute atomic E-state index is 13.0. The molecule has 0 aliphatic carbocycles. The summed E-state index contributed by atoms with van der Waals surface area (Å²) in [6, 6.07) is 0. The van der Waals surface area contributed by atoms with Crippen molar-refractivity contribution in [3.05, 3.63) is 0 Å². The minimum absolute atomic E-state index is 0.104. The number of phosphoric acid groups is 2. The number of phosphoric ester groups is 2. The molecule has 0 aromatic heterocycles. The minimum Gasteiger partial charge on any atom is -0.462 e. The Labute approximate surface area is 517 Å². The van der Waals surface area contributed by atoms with E-state index < -0.39 is 97.5 Å². The lowest BCUT2D eigenvalue weighted by molar-refractivity contribution is -0.161. The van der Waals surface area contributed by atoms with Crippen molar-refractivity contribution in [3.63, 3.8) is 0 Å². The van der Waals surface area contributed by atoms with Crippen LogP contribution >= 0.6 is 15.6 Å². The Hall–Kier alpha value is -1.94. The van der Waals surface area contributed by atoms with Crippen LogP contribution < -0.4 is 0 Å². The summed E-state index contributed by atoms with van der Waals surface area (Å²) in [4.78, 5) is 72.0. The number of aliphatic hydroxyl groups is 1. The van der Waals surface area contributed by atoms with Crippen LogP contribution in [0.25, 0.3) is 0 Å². The molecule has 0 bridgehead atoms. The number of hydrogen-bond acceptors (Lipinski definition) is 15. The molecule has 2 unspecified atom stereocenters. The fourth-order valence-corrected chi connectivity index (χ4v) is 11.6. The molecule has 0 aromatic rings. The van der Waals surface area contributed by atoms with Gasteiger partial charge in [0.25, 0.3) is 0 Å². The van der Waals surface area contributed by atoms with Crippen LogP contribution in [0.2, 0.25) is 0 Å². The van der Waals surface area contributed by atoms with Gasteiger partial charge in [-0.2, -0.15) is 0 Å². The van der Waals surface area contributed by atoms with Crippen molar-refractivity contribution in [2.24, 2.45) is 0 Å². The maximum Gasteiger partial charge on any atom is 0.472 e. The summed E-state index contributed by atoms with van der Waals surface area (Å²) >= 11 is 0. The van der Waals surface area contributed by atoms with Crippen LogP contribution in [0.15, 0.2) is 0 Å². The van der Waals surface area contributed by atoms with E-state index in [0.29, 0.717) is 25.7 Å². The average molecular weight is 1260 g/mol. The molecule has 5 atom stereocenters. The highest BCUT2D eigenvalue weighted by Gasteiger charge is 2.30. The van der Waals surface area contributed by atoms with Gasteiger partial charge in [-0.25, -0.2) is 9.13 Å². The number of carbonyl (C=O) groups is 4. The molecule has 0 saturated carbocycles. The number of hydrogen-bond donors (Lipinski definition) is 3. The molecule has 0 amide bonds. The van der Waals surface area contributed by atoms with Crippen LogP contribution in [0.3, 0.4) is 0 Å². The predicted molar refractivity (Wildman–Crippen MR) is 340 cm³/mol. The van der Waals surface area contributed by atoms with Crippen LogP contribution in [-0.2, 0) is 65.4 Å². The molecule has 85 heavy (non-hydrogen) atoms. The Balaban J connectivity index is 5.13. The van der Waals surface area contributed by atoms with Crippen molar-refractivity contribution in [2.75, 3.05) is 39.6 Å². The molecular formula is C66H128O17P2. The lowest BCUT2D eigenvalue weighted by Gasteiger charge is -2.21. The fourth-order valence-electron chi connectivity index (χ4n) is 9.99. The van der Waals surface area contributed by atoms with E-state index >= 15 is 0 Å². The summed E-state index contributed by atoms with van der Waals surface area (Å²) in [5.41, 5.74) is 0. The third-order valence-corrected chi connectivity index (χ3v) is 17.3. The number of aliphatic hydroxyl groups excluding tert-OH is 1. The van der Waals surface area contributed by atoms with Crippen LogP contribution in [-0.4, -0.2) is 96.7 Å². The zero-order valence-electron chi connectivity index (χ0n) is 54.6. The zero-order valence-corrected chi connectivity index (χ0v) is 56.4. The van der Waals surface area contributed by atoms with Crippen molar-refractivity contribution in [1.29, 1.82) is 0 Å². The SMILES string of the molecule is CCCCCCCCCCCCCCCCCCCCCC(=O)O[C@H](COC(=O)CCCCCCCCCCCCCC)COP(=O)(O)OC[C@@H](O)COP(=O)(O)OC[C@@H](COC(=O)CCCCCCCCC)OC(=O)CCCCCCCCC. The van der Waals surface area contributed by atoms with E-state index in [9.17, 15) is 43.2 Å². The van der Waals surface area contributed by atoms with Crippen LogP contribution in [0.4, 0.5) is 0 Å². The zero-order chi connectivity index (χ0) is 62.6. The summed E-state index contributed by atoms with van der Waals surface area (Å²) in [5.74, 6) is -2.14. The monoisotopic (exact) mass is 1250 g/mol. The second kappa shape index (κ2) is 60.9. The molecule has 0 fully saturated rings. The van der Waals surface area contributed by atoms with Crippen LogP contribution in [0, 0.1) is 0 Å². The van der Waals surface area contributed by atoms with E-state index in [1.165, 1.54) is 148 Å². The van der Waals surface area contributed by atoms with Gasteiger partial charge >= 0.3 is 39.5 Å². The molecule has 0 aromatic carbocycles. The largest absolute Gasteiger partial charge is 0.472 e. The third-order valence-electron chi connectivity index (χ3n) is 15.4. The highest BCUT2D eigenvalue weighted by atomic mass is 31.2. The topological polar surface area (TPSA) is 237 Å². The predicted octanol–water partition coefficient (Wildman–Crippen LogP) is 18.7. The van der Waals surface area contributed by atoms with E-state index in [2.05, 4.69) is 27.7 Å². The van der Waals surface area contributed by atoms with E-state index in [1.807, 2.05) is 0 Å². The molecule has 0 aliphatic heterocycles. The van der Waals surface area contributed by atoms with Crippen molar-refractivity contribution in [1.82, 2.24) is 0 Å². The Morgan fingerprint density at radius 2 is 0.471 bits per heavy atom. The minimum atomic E-state index is -4.94. The van der Waals surface area contributed by atoms with Crippen molar-refractivity contribution in [3.8, 4) is 0 Å². The Morgan fingerprint density at radius 3 is 0.694 bits per heavy atom. The van der Waals surface area contributed by atoms with Crippen LogP contribution in [0.1, 0.15) is 342 Å². The van der Waals surface area contributed by atoms with E-state index in [1.54, 1.807) is 0 Å². The third kappa shape index (κ3) is 60.7. The first-order chi connectivity index (χ1) is 41.2. The van der Waals surface area contributed by atoms with Gasteiger partial charge in [-0.05, 0) is 25.7 Å². The van der Waals surface area contributed by atoms with E-state index in [0.717, 1.165) is 116 Å². The fraction of sp³-hybridized carbons (Fsp3) is 0.939. The molecule has 0 aliphatic rings. The summed E-state index contributed by atoms with van der Waals surface area (Å²) in [6.45, 7) is 4.83. The molecule has 0 saturated heterocycles. The highest BCUT2D eigenvalue weighted by molar-refractivity contribution is 7.47. The molecule has 0 spiro atoms. The Bertz CT molecular complexity index is 1640. The normalized spacial score (nSPS) is 14.1. The highest BCUT2D eigenvalue weighted by Crippen LogP contribution is 2.45. The first kappa shape index (κ1) is 83.1. The first-order valence-corrected chi connectivity index (χ1v) is 37.8. The van der Waals surface area contributed by atoms with Gasteiger partial charge in [0.1, 0.15) is 19.3 Å². The molecule has 17 nitrogen and oxygen atoms in total. The van der Waals surface area contributed by atoms with Gasteiger partial charge in [0.2, 0.25) is 0 Å². The van der Waals surface area contributed by atoms with Crippen molar-refractivity contribution in [2.45, 2.75) is 361 Å². The molecule has 0 heterocycles. The molecule has 19 heteroatoms. The van der Waals surface area contributed by atoms with Gasteiger partial charge in [-0.1, -0.05) is 291 Å². The van der Waals surface area contributed by atoms with Gasteiger partial charge in [-0.3, -0.25) is 37.3 Å². The summed E-state index contributed by atoms with van der Waals surface area (Å²) in [6.07, 6.45) is 47.5. The van der Waals surface area contributed by atoms with Gasteiger partial charge in [0, 0.05) is 25.7 Å². The number of esters is 4. The molecule has 504 valence electrons. The smallest absolute Gasteiger partial charge is 0.462 e. The molecule has 0 rings (SSSR count). The van der Waals surface area contributed by atoms with Gasteiger partial charge in [-0.15, -0.1) is 0 Å². The molecule has 3 N–H and O–H groups in total. The summed E-state index contributed by atoms with van der Waals surface area (Å²) in [5, 5.41) is 10.5.